The highest BCUT2D eigenvalue weighted by atomic mass is 19.4. The molecular formula is C26H23F3N8O2. The van der Waals surface area contributed by atoms with Crippen molar-refractivity contribution in [2.45, 2.75) is 38.4 Å². The maximum Gasteiger partial charge on any atom is 0.435 e. The predicted octanol–water partition coefficient (Wildman–Crippen LogP) is 4.03. The lowest BCUT2D eigenvalue weighted by Gasteiger charge is -2.11. The number of ether oxygens (including phenoxy) is 1. The predicted molar refractivity (Wildman–Crippen MR) is 135 cm³/mol. The Balaban J connectivity index is 1.38. The summed E-state index contributed by atoms with van der Waals surface area (Å²) in [5.74, 6) is 1.03. The summed E-state index contributed by atoms with van der Waals surface area (Å²) in [5, 5.41) is 3.70. The van der Waals surface area contributed by atoms with Crippen molar-refractivity contribution in [2.24, 2.45) is 7.05 Å². The minimum atomic E-state index is -4.53. The first kappa shape index (κ1) is 24.8. The maximum absolute atomic E-state index is 13.2. The monoisotopic (exact) mass is 536 g/mol. The third kappa shape index (κ3) is 4.33. The zero-order valence-electron chi connectivity index (χ0n) is 21.3. The first-order valence-corrected chi connectivity index (χ1v) is 12.2. The van der Waals surface area contributed by atoms with E-state index in [1.54, 1.807) is 44.4 Å². The van der Waals surface area contributed by atoms with Crippen molar-refractivity contribution in [3.05, 3.63) is 76.0 Å². The molecule has 0 bridgehead atoms. The molecule has 0 aliphatic heterocycles. The Morgan fingerprint density at radius 2 is 1.85 bits per heavy atom. The number of imidazole rings is 1. The van der Waals surface area contributed by atoms with Crippen LogP contribution in [0, 0.1) is 6.92 Å². The van der Waals surface area contributed by atoms with Gasteiger partial charge in [0.25, 0.3) is 0 Å². The maximum atomic E-state index is 13.2. The molecule has 1 aliphatic rings. The van der Waals surface area contributed by atoms with Crippen molar-refractivity contribution >= 4 is 11.2 Å². The molecule has 1 aromatic carbocycles. The summed E-state index contributed by atoms with van der Waals surface area (Å²) < 4.78 is 49.0. The molecule has 5 aromatic rings. The Labute approximate surface area is 219 Å². The van der Waals surface area contributed by atoms with Gasteiger partial charge in [-0.2, -0.15) is 18.3 Å². The average Bonchev–Trinajstić information content (AvgIpc) is 3.66. The van der Waals surface area contributed by atoms with Gasteiger partial charge in [0.15, 0.2) is 17.2 Å². The molecule has 39 heavy (non-hydrogen) atoms. The van der Waals surface area contributed by atoms with Gasteiger partial charge in [0, 0.05) is 18.7 Å². The smallest absolute Gasteiger partial charge is 0.435 e. The van der Waals surface area contributed by atoms with Gasteiger partial charge in [0.05, 0.1) is 31.2 Å². The lowest BCUT2D eigenvalue weighted by molar-refractivity contribution is -0.141. The second-order valence-electron chi connectivity index (χ2n) is 9.49. The molecule has 0 amide bonds. The number of benzene rings is 1. The number of halogens is 3. The molecule has 10 nitrogen and oxygen atoms in total. The third-order valence-electron chi connectivity index (χ3n) is 6.81. The van der Waals surface area contributed by atoms with Crippen LogP contribution in [0.2, 0.25) is 0 Å². The lowest BCUT2D eigenvalue weighted by atomic mass is 10.1. The Bertz CT molecular complexity index is 1770. The van der Waals surface area contributed by atoms with E-state index in [-0.39, 0.29) is 12.2 Å². The summed E-state index contributed by atoms with van der Waals surface area (Å²) in [4.78, 5) is 31.1. The van der Waals surface area contributed by atoms with Crippen LogP contribution in [0.1, 0.15) is 41.4 Å². The zero-order chi connectivity index (χ0) is 27.5. The molecule has 200 valence electrons. The molecule has 0 radical (unpaired) electrons. The molecule has 0 spiro atoms. The summed E-state index contributed by atoms with van der Waals surface area (Å²) in [6.45, 7) is 1.75. The molecule has 0 unspecified atom stereocenters. The van der Waals surface area contributed by atoms with Gasteiger partial charge in [-0.15, -0.1) is 0 Å². The second-order valence-corrected chi connectivity index (χ2v) is 9.49. The fourth-order valence-electron chi connectivity index (χ4n) is 4.65. The number of hydrogen-bond acceptors (Lipinski definition) is 7. The van der Waals surface area contributed by atoms with E-state index in [9.17, 15) is 18.0 Å². The standard InChI is InChI=1S/C26H23F3N8O2/c1-14-10-19(26(27,28)29)34-37(14)17-8-4-15(5-9-17)12-36-23-18(35(2)25(36)38)11-30-22(33-23)20-21(16-6-7-16)31-13-32-24(20)39-3/h4-5,8-11,13,16H,6-7,12H2,1-3H3. The fourth-order valence-corrected chi connectivity index (χ4v) is 4.65. The van der Waals surface area contributed by atoms with Crippen LogP contribution in [-0.4, -0.2) is 46.0 Å². The van der Waals surface area contributed by atoms with E-state index in [4.69, 9.17) is 9.72 Å². The topological polar surface area (TPSA) is 106 Å². The molecule has 13 heteroatoms. The molecule has 0 N–H and O–H groups in total. The van der Waals surface area contributed by atoms with Gasteiger partial charge < -0.3 is 4.74 Å². The fraction of sp³-hybridized carbons (Fsp3) is 0.308. The zero-order valence-corrected chi connectivity index (χ0v) is 21.3. The largest absolute Gasteiger partial charge is 0.480 e. The SMILES string of the molecule is COc1ncnc(C2CC2)c1-c1ncc2c(n1)n(Cc1ccc(-n3nc(C(F)(F)F)cc3C)cc1)c(=O)n2C. The highest BCUT2D eigenvalue weighted by Gasteiger charge is 2.34. The van der Waals surface area contributed by atoms with E-state index in [2.05, 4.69) is 20.1 Å². The minimum Gasteiger partial charge on any atom is -0.480 e. The van der Waals surface area contributed by atoms with Crippen molar-refractivity contribution in [2.75, 3.05) is 7.11 Å². The summed E-state index contributed by atoms with van der Waals surface area (Å²) in [7, 11) is 3.17. The van der Waals surface area contributed by atoms with E-state index in [0.29, 0.717) is 45.7 Å². The van der Waals surface area contributed by atoms with E-state index in [1.165, 1.54) is 27.3 Å². The van der Waals surface area contributed by atoms with Crippen LogP contribution in [0.25, 0.3) is 28.2 Å². The Morgan fingerprint density at radius 1 is 1.10 bits per heavy atom. The van der Waals surface area contributed by atoms with Crippen molar-refractivity contribution in [3.8, 4) is 23.0 Å². The lowest BCUT2D eigenvalue weighted by Crippen LogP contribution is -2.22. The van der Waals surface area contributed by atoms with Crippen molar-refractivity contribution in [1.29, 1.82) is 0 Å². The Kier molecular flexibility index (Phi) is 5.74. The number of rotatable bonds is 6. The second kappa shape index (κ2) is 9.03. The molecular weight excluding hydrogens is 513 g/mol. The van der Waals surface area contributed by atoms with Gasteiger partial charge in [-0.1, -0.05) is 12.1 Å². The van der Waals surface area contributed by atoms with Gasteiger partial charge in [-0.05, 0) is 43.5 Å². The van der Waals surface area contributed by atoms with Crippen molar-refractivity contribution < 1.29 is 17.9 Å². The highest BCUT2D eigenvalue weighted by molar-refractivity contribution is 5.75. The number of aromatic nitrogens is 8. The van der Waals surface area contributed by atoms with Crippen LogP contribution in [0.5, 0.6) is 5.88 Å². The summed E-state index contributed by atoms with van der Waals surface area (Å²) >= 11 is 0. The first-order chi connectivity index (χ1) is 18.7. The van der Waals surface area contributed by atoms with Crippen LogP contribution in [0.3, 0.4) is 0 Å². The van der Waals surface area contributed by atoms with Gasteiger partial charge in [-0.3, -0.25) is 9.13 Å². The number of nitrogens with zero attached hydrogens (tertiary/aromatic N) is 8. The normalized spacial score (nSPS) is 13.8. The van der Waals surface area contributed by atoms with Crippen molar-refractivity contribution in [3.63, 3.8) is 0 Å². The molecule has 4 heterocycles. The Morgan fingerprint density at radius 3 is 2.49 bits per heavy atom. The third-order valence-corrected chi connectivity index (χ3v) is 6.81. The Hall–Kier alpha value is -4.55. The van der Waals surface area contributed by atoms with E-state index in [1.807, 2.05) is 0 Å². The van der Waals surface area contributed by atoms with E-state index in [0.717, 1.165) is 30.2 Å². The van der Waals surface area contributed by atoms with Gasteiger partial charge in [0.2, 0.25) is 5.88 Å². The van der Waals surface area contributed by atoms with Gasteiger partial charge in [0.1, 0.15) is 17.4 Å². The number of alkyl halides is 3. The van der Waals surface area contributed by atoms with Crippen LogP contribution in [0.4, 0.5) is 13.2 Å². The highest BCUT2D eigenvalue weighted by Crippen LogP contribution is 2.44. The number of fused-ring (bicyclic) bond motifs is 1. The molecule has 1 fully saturated rings. The molecule has 6 rings (SSSR count). The van der Waals surface area contributed by atoms with E-state index >= 15 is 0 Å². The van der Waals surface area contributed by atoms with Crippen LogP contribution < -0.4 is 10.4 Å². The number of hydrogen-bond donors (Lipinski definition) is 0. The molecule has 1 saturated carbocycles. The first-order valence-electron chi connectivity index (χ1n) is 12.2. The quantitative estimate of drug-likeness (QED) is 0.323. The van der Waals surface area contributed by atoms with Crippen molar-refractivity contribution in [1.82, 2.24) is 38.9 Å². The van der Waals surface area contributed by atoms with Crippen LogP contribution >= 0.6 is 0 Å². The number of aryl methyl sites for hydroxylation is 2. The molecule has 1 aliphatic carbocycles. The summed E-state index contributed by atoms with van der Waals surface area (Å²) in [6, 6.07) is 7.83. The summed E-state index contributed by atoms with van der Waals surface area (Å²) in [6.07, 6.45) is 0.557. The van der Waals surface area contributed by atoms with E-state index < -0.39 is 11.9 Å². The van der Waals surface area contributed by atoms with Crippen LogP contribution in [-0.2, 0) is 19.8 Å². The van der Waals surface area contributed by atoms with Gasteiger partial charge in [-0.25, -0.2) is 29.4 Å². The van der Waals surface area contributed by atoms with Gasteiger partial charge >= 0.3 is 11.9 Å². The summed E-state index contributed by atoms with van der Waals surface area (Å²) in [5.41, 5.74) is 2.78. The minimum absolute atomic E-state index is 0.191. The molecule has 4 aromatic heterocycles. The average molecular weight is 537 g/mol. The number of methoxy groups -OCH3 is 1. The van der Waals surface area contributed by atoms with Crippen LogP contribution in [0.15, 0.2) is 47.7 Å². The molecule has 0 saturated heterocycles. The molecule has 0 atom stereocenters.